The van der Waals surface area contributed by atoms with E-state index in [1.165, 1.54) is 0 Å². The van der Waals surface area contributed by atoms with Crippen LogP contribution in [0.1, 0.15) is 34.6 Å². The van der Waals surface area contributed by atoms with E-state index >= 15 is 0 Å². The molecular formula is C10H21IO2. The largest absolute Gasteiger partial charge is 0.373 e. The Morgan fingerprint density at radius 1 is 0.923 bits per heavy atom. The molecule has 3 heteroatoms. The predicted octanol–water partition coefficient (Wildman–Crippen LogP) is 3.03. The molecule has 2 nitrogen and oxygen atoms in total. The van der Waals surface area contributed by atoms with Gasteiger partial charge in [-0.25, -0.2) is 0 Å². The Morgan fingerprint density at radius 3 is 1.77 bits per heavy atom. The van der Waals surface area contributed by atoms with Gasteiger partial charge in [0, 0.05) is 4.43 Å². The van der Waals surface area contributed by atoms with Crippen molar-refractivity contribution in [3.05, 3.63) is 0 Å². The van der Waals surface area contributed by atoms with E-state index in [-0.39, 0.29) is 11.2 Å². The van der Waals surface area contributed by atoms with Gasteiger partial charge in [0.05, 0.1) is 24.4 Å². The van der Waals surface area contributed by atoms with Crippen LogP contribution in [0.4, 0.5) is 0 Å². The highest BCUT2D eigenvalue weighted by molar-refractivity contribution is 14.1. The molecule has 0 aliphatic carbocycles. The summed E-state index contributed by atoms with van der Waals surface area (Å²) in [6.45, 7) is 11.7. The summed E-state index contributed by atoms with van der Waals surface area (Å²) in [6, 6.07) is 0. The molecule has 0 aromatic rings. The van der Waals surface area contributed by atoms with Crippen molar-refractivity contribution < 1.29 is 9.47 Å². The molecule has 0 aliphatic rings. The smallest absolute Gasteiger partial charge is 0.0716 e. The van der Waals surface area contributed by atoms with E-state index < -0.39 is 0 Å². The second kappa shape index (κ2) is 5.51. The quantitative estimate of drug-likeness (QED) is 0.441. The summed E-state index contributed by atoms with van der Waals surface area (Å²) < 4.78 is 12.2. The molecule has 0 amide bonds. The molecule has 0 atom stereocenters. The molecule has 0 fully saturated rings. The SMILES string of the molecule is CC(C)(C)OCCOC(C)(C)CI. The summed E-state index contributed by atoms with van der Waals surface area (Å²) in [6.07, 6.45) is 0. The van der Waals surface area contributed by atoms with Crippen molar-refractivity contribution in [2.24, 2.45) is 0 Å². The minimum atomic E-state index is -0.0577. The third-order valence-electron chi connectivity index (χ3n) is 1.43. The van der Waals surface area contributed by atoms with E-state index in [0.29, 0.717) is 13.2 Å². The summed E-state index contributed by atoms with van der Waals surface area (Å²) in [7, 11) is 0. The Morgan fingerprint density at radius 2 is 1.38 bits per heavy atom. The van der Waals surface area contributed by atoms with Crippen LogP contribution in [0.15, 0.2) is 0 Å². The summed E-state index contributed by atoms with van der Waals surface area (Å²) in [5.74, 6) is 0. The molecule has 0 aromatic heterocycles. The van der Waals surface area contributed by atoms with E-state index in [0.717, 1.165) is 4.43 Å². The van der Waals surface area contributed by atoms with Crippen molar-refractivity contribution in [2.75, 3.05) is 17.6 Å². The van der Waals surface area contributed by atoms with E-state index in [4.69, 9.17) is 9.47 Å². The second-order valence-electron chi connectivity index (χ2n) is 4.70. The maximum atomic E-state index is 5.64. The number of halogens is 1. The number of alkyl halides is 1. The van der Waals surface area contributed by atoms with Crippen LogP contribution in [0.2, 0.25) is 0 Å². The molecule has 80 valence electrons. The highest BCUT2D eigenvalue weighted by Gasteiger charge is 2.16. The second-order valence-corrected chi connectivity index (χ2v) is 5.47. The number of hydrogen-bond acceptors (Lipinski definition) is 2. The Kier molecular flexibility index (Phi) is 5.79. The van der Waals surface area contributed by atoms with Gasteiger partial charge in [0.15, 0.2) is 0 Å². The number of hydrogen-bond donors (Lipinski definition) is 0. The first-order valence-electron chi connectivity index (χ1n) is 4.61. The Hall–Kier alpha value is 0.650. The highest BCUT2D eigenvalue weighted by Crippen LogP contribution is 2.13. The van der Waals surface area contributed by atoms with Crippen LogP contribution in [-0.2, 0) is 9.47 Å². The third-order valence-corrected chi connectivity index (χ3v) is 3.27. The van der Waals surface area contributed by atoms with E-state index in [1.54, 1.807) is 0 Å². The van der Waals surface area contributed by atoms with Gasteiger partial charge in [-0.2, -0.15) is 0 Å². The zero-order valence-corrected chi connectivity index (χ0v) is 11.5. The monoisotopic (exact) mass is 300 g/mol. The topological polar surface area (TPSA) is 18.5 Å². The fourth-order valence-corrected chi connectivity index (χ4v) is 0.925. The first kappa shape index (κ1) is 13.7. The first-order chi connectivity index (χ1) is 5.77. The van der Waals surface area contributed by atoms with Gasteiger partial charge in [0.2, 0.25) is 0 Å². The van der Waals surface area contributed by atoms with Gasteiger partial charge < -0.3 is 9.47 Å². The Bertz CT molecular complexity index is 138. The van der Waals surface area contributed by atoms with Gasteiger partial charge in [-0.3, -0.25) is 0 Å². The lowest BCUT2D eigenvalue weighted by Gasteiger charge is -2.24. The molecule has 0 rings (SSSR count). The van der Waals surface area contributed by atoms with Gasteiger partial charge in [-0.1, -0.05) is 22.6 Å². The maximum Gasteiger partial charge on any atom is 0.0716 e. The van der Waals surface area contributed by atoms with Gasteiger partial charge in [0.1, 0.15) is 0 Å². The van der Waals surface area contributed by atoms with Crippen molar-refractivity contribution in [3.63, 3.8) is 0 Å². The van der Waals surface area contributed by atoms with Crippen molar-refractivity contribution in [1.29, 1.82) is 0 Å². The minimum Gasteiger partial charge on any atom is -0.373 e. The van der Waals surface area contributed by atoms with Crippen LogP contribution >= 0.6 is 22.6 Å². The van der Waals surface area contributed by atoms with Crippen LogP contribution in [0, 0.1) is 0 Å². The van der Waals surface area contributed by atoms with E-state index in [2.05, 4.69) is 57.2 Å². The average Bonchev–Trinajstić information content (AvgIpc) is 1.97. The molecule has 0 radical (unpaired) electrons. The lowest BCUT2D eigenvalue weighted by molar-refractivity contribution is -0.0694. The number of rotatable bonds is 5. The van der Waals surface area contributed by atoms with Crippen LogP contribution in [0.3, 0.4) is 0 Å². The molecule has 0 N–H and O–H groups in total. The minimum absolute atomic E-state index is 0.0260. The number of ether oxygens (including phenoxy) is 2. The van der Waals surface area contributed by atoms with Crippen molar-refractivity contribution >= 4 is 22.6 Å². The first-order valence-corrected chi connectivity index (χ1v) is 6.13. The normalized spacial score (nSPS) is 13.4. The molecule has 0 heterocycles. The molecule has 0 saturated carbocycles. The van der Waals surface area contributed by atoms with E-state index in [1.807, 2.05) is 0 Å². The average molecular weight is 300 g/mol. The Labute approximate surface area is 95.5 Å². The third kappa shape index (κ3) is 8.97. The standard InChI is InChI=1S/C10H21IO2/c1-9(2,3)12-6-7-13-10(4,5)8-11/h6-8H2,1-5H3. The molecule has 0 aromatic carbocycles. The van der Waals surface area contributed by atoms with Gasteiger partial charge in [0.25, 0.3) is 0 Å². The summed E-state index contributed by atoms with van der Waals surface area (Å²) in [4.78, 5) is 0. The molecule has 0 saturated heterocycles. The van der Waals surface area contributed by atoms with Crippen LogP contribution in [-0.4, -0.2) is 28.8 Å². The lowest BCUT2D eigenvalue weighted by Crippen LogP contribution is -2.29. The maximum absolute atomic E-state index is 5.64. The molecule has 13 heavy (non-hydrogen) atoms. The predicted molar refractivity (Wildman–Crippen MR) is 64.6 cm³/mol. The fraction of sp³-hybridized carbons (Fsp3) is 1.00. The van der Waals surface area contributed by atoms with Crippen molar-refractivity contribution in [2.45, 2.75) is 45.8 Å². The molecule has 0 aliphatic heterocycles. The van der Waals surface area contributed by atoms with Crippen molar-refractivity contribution in [3.8, 4) is 0 Å². The lowest BCUT2D eigenvalue weighted by atomic mass is 10.2. The van der Waals surface area contributed by atoms with Crippen molar-refractivity contribution in [1.82, 2.24) is 0 Å². The molecule has 0 spiro atoms. The molecular weight excluding hydrogens is 279 g/mol. The molecule has 0 unspecified atom stereocenters. The van der Waals surface area contributed by atoms with Gasteiger partial charge >= 0.3 is 0 Å². The zero-order valence-electron chi connectivity index (χ0n) is 9.32. The van der Waals surface area contributed by atoms with Crippen LogP contribution < -0.4 is 0 Å². The molecule has 0 bridgehead atoms. The Balaban J connectivity index is 3.47. The summed E-state index contributed by atoms with van der Waals surface area (Å²) >= 11 is 2.33. The van der Waals surface area contributed by atoms with Crippen LogP contribution in [0.25, 0.3) is 0 Å². The fourth-order valence-electron chi connectivity index (χ4n) is 0.704. The summed E-state index contributed by atoms with van der Waals surface area (Å²) in [5, 5.41) is 0. The van der Waals surface area contributed by atoms with Crippen LogP contribution in [0.5, 0.6) is 0 Å². The zero-order chi connectivity index (χ0) is 10.5. The van der Waals surface area contributed by atoms with E-state index in [9.17, 15) is 0 Å². The van der Waals surface area contributed by atoms with Gasteiger partial charge in [-0.05, 0) is 34.6 Å². The summed E-state index contributed by atoms with van der Waals surface area (Å²) in [5.41, 5.74) is -0.0837. The van der Waals surface area contributed by atoms with Gasteiger partial charge in [-0.15, -0.1) is 0 Å². The highest BCUT2D eigenvalue weighted by atomic mass is 127.